The number of nitrogens with zero attached hydrogens (tertiary/aromatic N) is 1. The number of carbonyl (C=O) groups excluding carboxylic acids is 2. The van der Waals surface area contributed by atoms with Gasteiger partial charge in [0, 0.05) is 19.0 Å². The lowest BCUT2D eigenvalue weighted by molar-refractivity contribution is -0.126. The SMILES string of the molecule is Cc1oc(C)c(C(=O)N2CCC(C(=O)NCc3ccco3)CC2)c1Br. The Hall–Kier alpha value is -2.02. The number of hydrogen-bond acceptors (Lipinski definition) is 4. The van der Waals surface area contributed by atoms with E-state index in [1.54, 1.807) is 24.2 Å². The number of amides is 2. The van der Waals surface area contributed by atoms with E-state index in [-0.39, 0.29) is 17.7 Å². The molecule has 7 heteroatoms. The van der Waals surface area contributed by atoms with E-state index in [4.69, 9.17) is 8.83 Å². The van der Waals surface area contributed by atoms with Gasteiger partial charge in [0.15, 0.2) is 0 Å². The van der Waals surface area contributed by atoms with Gasteiger partial charge in [0.25, 0.3) is 5.91 Å². The summed E-state index contributed by atoms with van der Waals surface area (Å²) in [5.41, 5.74) is 0.582. The summed E-state index contributed by atoms with van der Waals surface area (Å²) in [6, 6.07) is 3.62. The fourth-order valence-corrected chi connectivity index (χ4v) is 3.66. The van der Waals surface area contributed by atoms with E-state index in [1.807, 2.05) is 13.0 Å². The van der Waals surface area contributed by atoms with E-state index < -0.39 is 0 Å². The average molecular weight is 409 g/mol. The topological polar surface area (TPSA) is 75.7 Å². The molecule has 0 unspecified atom stereocenters. The van der Waals surface area contributed by atoms with E-state index >= 15 is 0 Å². The minimum Gasteiger partial charge on any atom is -0.467 e. The number of rotatable bonds is 4. The van der Waals surface area contributed by atoms with Crippen LogP contribution in [0.1, 0.15) is 40.5 Å². The van der Waals surface area contributed by atoms with Crippen molar-refractivity contribution in [3.05, 3.63) is 45.7 Å². The zero-order valence-corrected chi connectivity index (χ0v) is 15.9. The Morgan fingerprint density at radius 3 is 2.56 bits per heavy atom. The largest absolute Gasteiger partial charge is 0.467 e. The minimum absolute atomic E-state index is 0.0139. The molecule has 0 bridgehead atoms. The van der Waals surface area contributed by atoms with Crippen LogP contribution in [0, 0.1) is 19.8 Å². The van der Waals surface area contributed by atoms with Gasteiger partial charge in [-0.2, -0.15) is 0 Å². The minimum atomic E-state index is -0.0744. The quantitative estimate of drug-likeness (QED) is 0.840. The summed E-state index contributed by atoms with van der Waals surface area (Å²) in [6.45, 7) is 5.14. The van der Waals surface area contributed by atoms with Gasteiger partial charge in [0.1, 0.15) is 17.3 Å². The lowest BCUT2D eigenvalue weighted by Crippen LogP contribution is -2.43. The van der Waals surface area contributed by atoms with Crippen LogP contribution in [0.5, 0.6) is 0 Å². The van der Waals surface area contributed by atoms with Gasteiger partial charge in [-0.1, -0.05) is 0 Å². The highest BCUT2D eigenvalue weighted by Crippen LogP contribution is 2.30. The van der Waals surface area contributed by atoms with Gasteiger partial charge in [-0.3, -0.25) is 9.59 Å². The van der Waals surface area contributed by atoms with Crippen molar-refractivity contribution in [3.8, 4) is 0 Å². The third-order valence-electron chi connectivity index (χ3n) is 4.57. The highest BCUT2D eigenvalue weighted by atomic mass is 79.9. The normalized spacial score (nSPS) is 15.4. The molecular weight excluding hydrogens is 388 g/mol. The maximum Gasteiger partial charge on any atom is 0.258 e. The highest BCUT2D eigenvalue weighted by Gasteiger charge is 2.30. The summed E-state index contributed by atoms with van der Waals surface area (Å²) in [6.07, 6.45) is 2.90. The molecule has 0 aliphatic carbocycles. The molecule has 1 aliphatic heterocycles. The van der Waals surface area contributed by atoms with Crippen LogP contribution < -0.4 is 5.32 Å². The van der Waals surface area contributed by atoms with Gasteiger partial charge < -0.3 is 19.1 Å². The van der Waals surface area contributed by atoms with E-state index in [2.05, 4.69) is 21.2 Å². The van der Waals surface area contributed by atoms with Crippen LogP contribution in [0.2, 0.25) is 0 Å². The second-order valence-electron chi connectivity index (χ2n) is 6.27. The van der Waals surface area contributed by atoms with E-state index in [0.29, 0.717) is 54.0 Å². The lowest BCUT2D eigenvalue weighted by Gasteiger charge is -2.31. The van der Waals surface area contributed by atoms with Gasteiger partial charge in [-0.25, -0.2) is 0 Å². The summed E-state index contributed by atoms with van der Waals surface area (Å²) in [5.74, 6) is 1.95. The van der Waals surface area contributed by atoms with Crippen molar-refractivity contribution in [2.24, 2.45) is 5.92 Å². The number of hydrogen-bond donors (Lipinski definition) is 1. The van der Waals surface area contributed by atoms with Crippen molar-refractivity contribution in [2.75, 3.05) is 13.1 Å². The van der Waals surface area contributed by atoms with Crippen molar-refractivity contribution in [1.82, 2.24) is 10.2 Å². The number of piperidine rings is 1. The summed E-state index contributed by atoms with van der Waals surface area (Å²) in [7, 11) is 0. The van der Waals surface area contributed by atoms with Crippen LogP contribution in [-0.4, -0.2) is 29.8 Å². The predicted molar refractivity (Wildman–Crippen MR) is 95.1 cm³/mol. The molecule has 1 saturated heterocycles. The smallest absolute Gasteiger partial charge is 0.258 e. The Kier molecular flexibility index (Phi) is 5.32. The Labute approximate surface area is 154 Å². The first-order chi connectivity index (χ1) is 12.0. The van der Waals surface area contributed by atoms with Crippen LogP contribution in [0.3, 0.4) is 0 Å². The van der Waals surface area contributed by atoms with Crippen LogP contribution in [0.25, 0.3) is 0 Å². The maximum absolute atomic E-state index is 12.7. The van der Waals surface area contributed by atoms with Crippen molar-refractivity contribution >= 4 is 27.7 Å². The Bertz CT molecular complexity index is 758. The summed E-state index contributed by atoms with van der Waals surface area (Å²) < 4.78 is 11.4. The van der Waals surface area contributed by atoms with E-state index in [0.717, 1.165) is 5.76 Å². The van der Waals surface area contributed by atoms with Crippen molar-refractivity contribution in [2.45, 2.75) is 33.2 Å². The third kappa shape index (κ3) is 3.81. The Morgan fingerprint density at radius 1 is 1.28 bits per heavy atom. The molecule has 0 radical (unpaired) electrons. The molecule has 3 rings (SSSR count). The zero-order valence-electron chi connectivity index (χ0n) is 14.3. The number of nitrogens with one attached hydrogen (secondary N) is 1. The molecule has 1 fully saturated rings. The third-order valence-corrected chi connectivity index (χ3v) is 5.53. The molecular formula is C18H21BrN2O4. The van der Waals surface area contributed by atoms with Gasteiger partial charge in [-0.05, 0) is 54.8 Å². The first kappa shape index (κ1) is 17.8. The van der Waals surface area contributed by atoms with Crippen molar-refractivity contribution in [3.63, 3.8) is 0 Å². The standard InChI is InChI=1S/C18H21BrN2O4/c1-11-15(16(19)12(2)25-11)18(23)21-7-5-13(6-8-21)17(22)20-10-14-4-3-9-24-14/h3-4,9,13H,5-8,10H2,1-2H3,(H,20,22). The molecule has 6 nitrogen and oxygen atoms in total. The first-order valence-corrected chi connectivity index (χ1v) is 9.11. The highest BCUT2D eigenvalue weighted by molar-refractivity contribution is 9.10. The molecule has 2 aromatic heterocycles. The van der Waals surface area contributed by atoms with Crippen molar-refractivity contribution in [1.29, 1.82) is 0 Å². The molecule has 25 heavy (non-hydrogen) atoms. The molecule has 134 valence electrons. The summed E-state index contributed by atoms with van der Waals surface area (Å²) >= 11 is 3.43. The van der Waals surface area contributed by atoms with Crippen LogP contribution in [0.4, 0.5) is 0 Å². The Balaban J connectivity index is 1.54. The molecule has 0 saturated carbocycles. The fourth-order valence-electron chi connectivity index (χ4n) is 3.14. The number of aryl methyl sites for hydroxylation is 2. The lowest BCUT2D eigenvalue weighted by atomic mass is 9.95. The van der Waals surface area contributed by atoms with Gasteiger partial charge in [0.05, 0.1) is 22.8 Å². The molecule has 1 N–H and O–H groups in total. The number of carbonyl (C=O) groups is 2. The first-order valence-electron chi connectivity index (χ1n) is 8.32. The van der Waals surface area contributed by atoms with Gasteiger partial charge >= 0.3 is 0 Å². The Morgan fingerprint density at radius 2 is 2.00 bits per heavy atom. The van der Waals surface area contributed by atoms with E-state index in [1.165, 1.54) is 0 Å². The predicted octanol–water partition coefficient (Wildman–Crippen LogP) is 3.42. The molecule has 2 amide bonds. The maximum atomic E-state index is 12.7. The van der Waals surface area contributed by atoms with Crippen LogP contribution in [-0.2, 0) is 11.3 Å². The molecule has 0 spiro atoms. The number of likely N-dealkylation sites (tertiary alicyclic amines) is 1. The van der Waals surface area contributed by atoms with Gasteiger partial charge in [-0.15, -0.1) is 0 Å². The molecule has 0 atom stereocenters. The summed E-state index contributed by atoms with van der Waals surface area (Å²) in [4.78, 5) is 26.8. The monoisotopic (exact) mass is 408 g/mol. The summed E-state index contributed by atoms with van der Waals surface area (Å²) in [5, 5.41) is 2.89. The second-order valence-corrected chi connectivity index (χ2v) is 7.06. The van der Waals surface area contributed by atoms with Crippen LogP contribution >= 0.6 is 15.9 Å². The zero-order chi connectivity index (χ0) is 18.0. The average Bonchev–Trinajstić information content (AvgIpc) is 3.21. The number of furan rings is 2. The fraction of sp³-hybridized carbons (Fsp3) is 0.444. The second kappa shape index (κ2) is 7.47. The van der Waals surface area contributed by atoms with Gasteiger partial charge in [0.2, 0.25) is 5.91 Å². The van der Waals surface area contributed by atoms with E-state index in [9.17, 15) is 9.59 Å². The molecule has 1 aliphatic rings. The van der Waals surface area contributed by atoms with Crippen LogP contribution in [0.15, 0.2) is 31.7 Å². The molecule has 0 aromatic carbocycles. The molecule has 3 heterocycles. The molecule has 2 aromatic rings. The van der Waals surface area contributed by atoms with Crippen molar-refractivity contribution < 1.29 is 18.4 Å². The number of halogens is 1.